The smallest absolute Gasteiger partial charge is 0.242 e. The Morgan fingerprint density at radius 1 is 1.53 bits per heavy atom. The number of aliphatic hydroxyl groups is 1. The molecule has 0 aromatic heterocycles. The fourth-order valence-corrected chi connectivity index (χ4v) is 2.98. The average molecular weight is 279 g/mol. The number of nitrogens with two attached hydrogens (primary N) is 1. The number of hydrogen-bond acceptors (Lipinski definition) is 4. The Hall–Kier alpha value is -0.820. The minimum Gasteiger partial charge on any atom is -0.398 e. The molecule has 4 N–H and O–H groups in total. The third kappa shape index (κ3) is 3.57. The van der Waals surface area contributed by atoms with Crippen molar-refractivity contribution in [3.63, 3.8) is 0 Å². The van der Waals surface area contributed by atoms with E-state index in [1.807, 2.05) is 0 Å². The molecule has 96 valence electrons. The van der Waals surface area contributed by atoms with Crippen LogP contribution in [0.1, 0.15) is 13.3 Å². The van der Waals surface area contributed by atoms with Crippen LogP contribution in [0.3, 0.4) is 0 Å². The van der Waals surface area contributed by atoms with E-state index in [2.05, 4.69) is 4.72 Å². The number of nitrogens with one attached hydrogen (secondary N) is 1. The molecule has 0 heterocycles. The Morgan fingerprint density at radius 2 is 2.18 bits per heavy atom. The van der Waals surface area contributed by atoms with Crippen molar-refractivity contribution >= 4 is 27.3 Å². The Balaban J connectivity index is 3.09. The number of hydrogen-bond donors (Lipinski definition) is 3. The van der Waals surface area contributed by atoms with Gasteiger partial charge in [-0.05, 0) is 24.6 Å². The molecular weight excluding hydrogens is 264 g/mol. The molecule has 1 aromatic rings. The first-order valence-electron chi connectivity index (χ1n) is 5.09. The number of rotatable bonds is 5. The highest BCUT2D eigenvalue weighted by Crippen LogP contribution is 2.22. The number of anilines is 1. The second-order valence-electron chi connectivity index (χ2n) is 3.59. The Morgan fingerprint density at radius 3 is 2.71 bits per heavy atom. The second kappa shape index (κ2) is 5.68. The van der Waals surface area contributed by atoms with Crippen molar-refractivity contribution in [2.24, 2.45) is 0 Å². The van der Waals surface area contributed by atoms with Crippen LogP contribution in [0.2, 0.25) is 5.02 Å². The second-order valence-corrected chi connectivity index (χ2v) is 5.71. The number of nitrogen functional groups attached to an aromatic ring is 1. The van der Waals surface area contributed by atoms with Gasteiger partial charge in [-0.2, -0.15) is 0 Å². The van der Waals surface area contributed by atoms with E-state index in [0.29, 0.717) is 6.42 Å². The lowest BCUT2D eigenvalue weighted by atomic mass is 10.3. The molecule has 0 unspecified atom stereocenters. The zero-order valence-electron chi connectivity index (χ0n) is 9.35. The molecule has 17 heavy (non-hydrogen) atoms. The van der Waals surface area contributed by atoms with Gasteiger partial charge in [-0.15, -0.1) is 0 Å². The molecule has 1 aromatic carbocycles. The van der Waals surface area contributed by atoms with E-state index in [-0.39, 0.29) is 22.2 Å². The molecule has 0 spiro atoms. The summed E-state index contributed by atoms with van der Waals surface area (Å²) >= 11 is 5.73. The molecule has 7 heteroatoms. The van der Waals surface area contributed by atoms with Gasteiger partial charge in [-0.25, -0.2) is 13.1 Å². The summed E-state index contributed by atoms with van der Waals surface area (Å²) < 4.78 is 26.3. The van der Waals surface area contributed by atoms with Crippen LogP contribution in [0.4, 0.5) is 5.69 Å². The molecule has 1 rings (SSSR count). The Bertz CT molecular complexity index is 486. The van der Waals surface area contributed by atoms with Crippen LogP contribution in [0.25, 0.3) is 0 Å². The third-order valence-electron chi connectivity index (χ3n) is 2.30. The topological polar surface area (TPSA) is 92.4 Å². The number of aliphatic hydroxyl groups excluding tert-OH is 1. The van der Waals surface area contributed by atoms with Crippen molar-refractivity contribution in [1.82, 2.24) is 4.72 Å². The summed E-state index contributed by atoms with van der Waals surface area (Å²) in [5.74, 6) is 0. The van der Waals surface area contributed by atoms with E-state index >= 15 is 0 Å². The van der Waals surface area contributed by atoms with Crippen LogP contribution in [0.5, 0.6) is 0 Å². The van der Waals surface area contributed by atoms with Crippen molar-refractivity contribution in [2.75, 3.05) is 12.3 Å². The van der Waals surface area contributed by atoms with Crippen molar-refractivity contribution in [3.8, 4) is 0 Å². The maximum absolute atomic E-state index is 12.0. The van der Waals surface area contributed by atoms with Gasteiger partial charge in [-0.1, -0.05) is 18.5 Å². The molecule has 0 radical (unpaired) electrons. The zero-order chi connectivity index (χ0) is 13.1. The molecule has 0 aliphatic carbocycles. The zero-order valence-corrected chi connectivity index (χ0v) is 10.9. The first-order valence-corrected chi connectivity index (χ1v) is 6.95. The fraction of sp³-hybridized carbons (Fsp3) is 0.400. The maximum atomic E-state index is 12.0. The van der Waals surface area contributed by atoms with E-state index in [1.54, 1.807) is 6.92 Å². The lowest BCUT2D eigenvalue weighted by molar-refractivity contribution is 0.254. The van der Waals surface area contributed by atoms with Crippen LogP contribution < -0.4 is 10.5 Å². The highest BCUT2D eigenvalue weighted by atomic mass is 35.5. The minimum absolute atomic E-state index is 0.0723. The number of sulfonamides is 1. The van der Waals surface area contributed by atoms with E-state index in [0.717, 1.165) is 0 Å². The molecule has 0 amide bonds. The molecule has 0 aliphatic heterocycles. The van der Waals surface area contributed by atoms with Crippen LogP contribution >= 0.6 is 11.6 Å². The van der Waals surface area contributed by atoms with Gasteiger partial charge >= 0.3 is 0 Å². The van der Waals surface area contributed by atoms with Gasteiger partial charge in [0.15, 0.2) is 0 Å². The summed E-state index contributed by atoms with van der Waals surface area (Å²) in [6.07, 6.45) is 0.482. The molecule has 0 fully saturated rings. The predicted octanol–water partition coefficient (Wildman–Crippen LogP) is 0.971. The summed E-state index contributed by atoms with van der Waals surface area (Å²) in [5, 5.41) is 9.26. The minimum atomic E-state index is -3.76. The van der Waals surface area contributed by atoms with Gasteiger partial charge in [0.05, 0.1) is 12.3 Å². The van der Waals surface area contributed by atoms with Gasteiger partial charge in [0.25, 0.3) is 0 Å². The highest BCUT2D eigenvalue weighted by molar-refractivity contribution is 7.89. The lowest BCUT2D eigenvalue weighted by Gasteiger charge is -2.15. The Labute approximate surface area is 106 Å². The van der Waals surface area contributed by atoms with Crippen LogP contribution in [0, 0.1) is 0 Å². The first-order chi connectivity index (χ1) is 7.90. The summed E-state index contributed by atoms with van der Waals surface area (Å²) in [6.45, 7) is 1.50. The predicted molar refractivity (Wildman–Crippen MR) is 67.4 cm³/mol. The SMILES string of the molecule is CC[C@H](CO)NS(=O)(=O)c1cc(Cl)ccc1N. The molecule has 0 saturated heterocycles. The monoisotopic (exact) mass is 278 g/mol. The van der Waals surface area contributed by atoms with Crippen LogP contribution in [-0.4, -0.2) is 26.2 Å². The molecule has 0 bridgehead atoms. The van der Waals surface area contributed by atoms with Gasteiger partial charge in [0.2, 0.25) is 10.0 Å². The van der Waals surface area contributed by atoms with E-state index in [9.17, 15) is 8.42 Å². The van der Waals surface area contributed by atoms with E-state index in [1.165, 1.54) is 18.2 Å². The normalized spacial score (nSPS) is 13.6. The molecule has 0 saturated carbocycles. The Kier molecular flexibility index (Phi) is 4.76. The lowest BCUT2D eigenvalue weighted by Crippen LogP contribution is -2.37. The van der Waals surface area contributed by atoms with Gasteiger partial charge < -0.3 is 10.8 Å². The van der Waals surface area contributed by atoms with E-state index < -0.39 is 16.1 Å². The van der Waals surface area contributed by atoms with Gasteiger partial charge in [0, 0.05) is 11.1 Å². The number of benzene rings is 1. The fourth-order valence-electron chi connectivity index (χ4n) is 1.27. The van der Waals surface area contributed by atoms with Crippen molar-refractivity contribution in [2.45, 2.75) is 24.3 Å². The first kappa shape index (κ1) is 14.2. The molecule has 5 nitrogen and oxygen atoms in total. The van der Waals surface area contributed by atoms with Crippen molar-refractivity contribution < 1.29 is 13.5 Å². The van der Waals surface area contributed by atoms with Crippen molar-refractivity contribution in [3.05, 3.63) is 23.2 Å². The van der Waals surface area contributed by atoms with Gasteiger partial charge in [-0.3, -0.25) is 0 Å². The summed E-state index contributed by atoms with van der Waals surface area (Å²) in [5.41, 5.74) is 5.71. The van der Waals surface area contributed by atoms with E-state index in [4.69, 9.17) is 22.4 Å². The van der Waals surface area contributed by atoms with Crippen molar-refractivity contribution in [1.29, 1.82) is 0 Å². The molecule has 0 aliphatic rings. The van der Waals surface area contributed by atoms with Crippen LogP contribution in [-0.2, 0) is 10.0 Å². The van der Waals surface area contributed by atoms with Crippen LogP contribution in [0.15, 0.2) is 23.1 Å². The average Bonchev–Trinajstić information content (AvgIpc) is 2.29. The van der Waals surface area contributed by atoms with Gasteiger partial charge in [0.1, 0.15) is 4.90 Å². The molecular formula is C10H15ClN2O3S. The quantitative estimate of drug-likeness (QED) is 0.700. The molecule has 1 atom stereocenters. The highest BCUT2D eigenvalue weighted by Gasteiger charge is 2.21. The maximum Gasteiger partial charge on any atom is 0.242 e. The summed E-state index contributed by atoms with van der Waals surface area (Å²) in [7, 11) is -3.76. The third-order valence-corrected chi connectivity index (χ3v) is 4.11. The summed E-state index contributed by atoms with van der Waals surface area (Å²) in [4.78, 5) is -0.0723. The standard InChI is InChI=1S/C10H15ClN2O3S/c1-2-8(6-14)13-17(15,16)10-5-7(11)3-4-9(10)12/h3-5,8,13-14H,2,6,12H2,1H3/t8-/m1/s1. The largest absolute Gasteiger partial charge is 0.398 e. The summed E-state index contributed by atoms with van der Waals surface area (Å²) in [6, 6.07) is 3.69. The number of halogens is 1.